The van der Waals surface area contributed by atoms with Gasteiger partial charge in [0, 0.05) is 25.2 Å². The molecule has 0 unspecified atom stereocenters. The van der Waals surface area contributed by atoms with Crippen LogP contribution in [0.15, 0.2) is 23.4 Å². The highest BCUT2D eigenvalue weighted by Crippen LogP contribution is 2.00. The molecule has 1 aromatic rings. The fourth-order valence-electron chi connectivity index (χ4n) is 1.28. The van der Waals surface area contributed by atoms with Crippen molar-refractivity contribution in [3.05, 3.63) is 28.9 Å². The predicted molar refractivity (Wildman–Crippen MR) is 54.6 cm³/mol. The molecule has 0 amide bonds. The van der Waals surface area contributed by atoms with Crippen molar-refractivity contribution < 1.29 is 9.90 Å². The predicted octanol–water partition coefficient (Wildman–Crippen LogP) is 0.888. The van der Waals surface area contributed by atoms with Gasteiger partial charge in [-0.2, -0.15) is 0 Å². The van der Waals surface area contributed by atoms with E-state index < -0.39 is 5.97 Å². The zero-order chi connectivity index (χ0) is 11.1. The molecule has 0 radical (unpaired) electrons. The topological polar surface area (TPSA) is 72.2 Å². The molecular formula is C10H14N2O3. The Kier molecular flexibility index (Phi) is 4.53. The first kappa shape index (κ1) is 11.4. The van der Waals surface area contributed by atoms with Gasteiger partial charge in [-0.15, -0.1) is 0 Å². The van der Waals surface area contributed by atoms with Gasteiger partial charge in [0.15, 0.2) is 0 Å². The van der Waals surface area contributed by atoms with Crippen LogP contribution >= 0.6 is 0 Å². The number of hydrogen-bond acceptors (Lipinski definition) is 3. The second kappa shape index (κ2) is 5.95. The number of rotatable bonds is 6. The number of unbranched alkanes of at least 4 members (excludes halogenated alkanes) is 2. The normalized spacial score (nSPS) is 10.1. The lowest BCUT2D eigenvalue weighted by Crippen LogP contribution is -2.18. The van der Waals surface area contributed by atoms with E-state index in [4.69, 9.17) is 5.11 Å². The van der Waals surface area contributed by atoms with Crippen molar-refractivity contribution in [1.82, 2.24) is 9.55 Å². The Labute approximate surface area is 87.4 Å². The Balaban J connectivity index is 2.24. The first-order valence-electron chi connectivity index (χ1n) is 4.92. The quantitative estimate of drug-likeness (QED) is 0.708. The van der Waals surface area contributed by atoms with Crippen molar-refractivity contribution in [2.75, 3.05) is 0 Å². The standard InChI is InChI=1S/C10H14N2O3/c13-9-5-6-11-8-12(9)7-3-1-2-4-10(14)15/h5-6,8H,1-4,7H2,(H,14,15). The minimum absolute atomic E-state index is 0.0664. The summed E-state index contributed by atoms with van der Waals surface area (Å²) in [6.45, 7) is 0.603. The van der Waals surface area contributed by atoms with Crippen molar-refractivity contribution in [3.63, 3.8) is 0 Å². The first-order valence-corrected chi connectivity index (χ1v) is 4.92. The first-order chi connectivity index (χ1) is 7.20. The van der Waals surface area contributed by atoms with E-state index in [0.29, 0.717) is 13.0 Å². The maximum Gasteiger partial charge on any atom is 0.303 e. The van der Waals surface area contributed by atoms with E-state index in [1.54, 1.807) is 0 Å². The Hall–Kier alpha value is -1.65. The third-order valence-electron chi connectivity index (χ3n) is 2.08. The van der Waals surface area contributed by atoms with E-state index in [1.807, 2.05) is 0 Å². The molecule has 0 fully saturated rings. The second-order valence-electron chi connectivity index (χ2n) is 3.32. The highest BCUT2D eigenvalue weighted by Gasteiger charge is 1.97. The SMILES string of the molecule is O=C(O)CCCCCn1cnccc1=O. The van der Waals surface area contributed by atoms with Crippen molar-refractivity contribution in [2.24, 2.45) is 0 Å². The minimum Gasteiger partial charge on any atom is -0.481 e. The Morgan fingerprint density at radius 2 is 2.20 bits per heavy atom. The van der Waals surface area contributed by atoms with Crippen LogP contribution in [0.4, 0.5) is 0 Å². The molecule has 0 atom stereocenters. The van der Waals surface area contributed by atoms with E-state index in [0.717, 1.165) is 12.8 Å². The molecule has 15 heavy (non-hydrogen) atoms. The molecule has 1 rings (SSSR count). The molecular weight excluding hydrogens is 196 g/mol. The number of aliphatic carboxylic acids is 1. The molecule has 5 heteroatoms. The number of aryl methyl sites for hydroxylation is 1. The largest absolute Gasteiger partial charge is 0.481 e. The van der Waals surface area contributed by atoms with Gasteiger partial charge in [0.25, 0.3) is 5.56 Å². The third kappa shape index (κ3) is 4.39. The van der Waals surface area contributed by atoms with Gasteiger partial charge in [0.1, 0.15) is 0 Å². The summed E-state index contributed by atoms with van der Waals surface area (Å²) < 4.78 is 1.53. The average Bonchev–Trinajstić information content (AvgIpc) is 2.20. The summed E-state index contributed by atoms with van der Waals surface area (Å²) in [6, 6.07) is 1.41. The molecule has 0 aliphatic heterocycles. The number of carboxylic acid groups (broad SMARTS) is 1. The molecule has 1 N–H and O–H groups in total. The van der Waals surface area contributed by atoms with Crippen molar-refractivity contribution >= 4 is 5.97 Å². The maximum atomic E-state index is 11.2. The Morgan fingerprint density at radius 1 is 1.40 bits per heavy atom. The van der Waals surface area contributed by atoms with Gasteiger partial charge < -0.3 is 5.11 Å². The van der Waals surface area contributed by atoms with Crippen LogP contribution in [-0.2, 0) is 11.3 Å². The van der Waals surface area contributed by atoms with E-state index in [2.05, 4.69) is 4.98 Å². The molecule has 0 spiro atoms. The minimum atomic E-state index is -0.770. The lowest BCUT2D eigenvalue weighted by molar-refractivity contribution is -0.137. The highest BCUT2D eigenvalue weighted by molar-refractivity contribution is 5.66. The zero-order valence-corrected chi connectivity index (χ0v) is 8.43. The summed E-state index contributed by atoms with van der Waals surface area (Å²) in [7, 11) is 0. The van der Waals surface area contributed by atoms with Gasteiger partial charge in [-0.1, -0.05) is 6.42 Å². The summed E-state index contributed by atoms with van der Waals surface area (Å²) >= 11 is 0. The molecule has 1 heterocycles. The molecule has 0 aliphatic carbocycles. The number of carbonyl (C=O) groups is 1. The van der Waals surface area contributed by atoms with E-state index >= 15 is 0 Å². The maximum absolute atomic E-state index is 11.2. The fourth-order valence-corrected chi connectivity index (χ4v) is 1.28. The molecule has 0 saturated heterocycles. The van der Waals surface area contributed by atoms with Crippen LogP contribution in [0, 0.1) is 0 Å². The summed E-state index contributed by atoms with van der Waals surface area (Å²) in [4.78, 5) is 25.3. The number of aromatic nitrogens is 2. The van der Waals surface area contributed by atoms with E-state index in [9.17, 15) is 9.59 Å². The van der Waals surface area contributed by atoms with Gasteiger partial charge in [-0.05, 0) is 12.8 Å². The molecule has 0 saturated carbocycles. The lowest BCUT2D eigenvalue weighted by atomic mass is 10.2. The van der Waals surface area contributed by atoms with Gasteiger partial charge >= 0.3 is 5.97 Å². The summed E-state index contributed by atoms with van der Waals surface area (Å²) in [5.74, 6) is -0.770. The van der Waals surface area contributed by atoms with Gasteiger partial charge in [-0.25, -0.2) is 4.98 Å². The highest BCUT2D eigenvalue weighted by atomic mass is 16.4. The third-order valence-corrected chi connectivity index (χ3v) is 2.08. The summed E-state index contributed by atoms with van der Waals surface area (Å²) in [5.41, 5.74) is -0.0664. The Bertz CT molecular complexity index is 373. The van der Waals surface area contributed by atoms with Crippen molar-refractivity contribution in [3.8, 4) is 0 Å². The molecule has 5 nitrogen and oxygen atoms in total. The van der Waals surface area contributed by atoms with Crippen LogP contribution in [0.25, 0.3) is 0 Å². The van der Waals surface area contributed by atoms with Crippen molar-refractivity contribution in [1.29, 1.82) is 0 Å². The molecule has 1 aromatic heterocycles. The fraction of sp³-hybridized carbons (Fsp3) is 0.500. The van der Waals surface area contributed by atoms with Crippen LogP contribution in [0.3, 0.4) is 0 Å². The molecule has 82 valence electrons. The van der Waals surface area contributed by atoms with Gasteiger partial charge in [0.2, 0.25) is 0 Å². The van der Waals surface area contributed by atoms with Crippen LogP contribution in [0.1, 0.15) is 25.7 Å². The number of nitrogens with zero attached hydrogens (tertiary/aromatic N) is 2. The monoisotopic (exact) mass is 210 g/mol. The second-order valence-corrected chi connectivity index (χ2v) is 3.32. The summed E-state index contributed by atoms with van der Waals surface area (Å²) in [6.07, 6.45) is 5.43. The molecule has 0 aromatic carbocycles. The van der Waals surface area contributed by atoms with E-state index in [-0.39, 0.29) is 12.0 Å². The zero-order valence-electron chi connectivity index (χ0n) is 8.43. The van der Waals surface area contributed by atoms with Gasteiger partial charge in [0.05, 0.1) is 6.33 Å². The van der Waals surface area contributed by atoms with Crippen LogP contribution in [0.5, 0.6) is 0 Å². The molecule has 0 aliphatic rings. The number of carboxylic acids is 1. The molecule has 0 bridgehead atoms. The lowest BCUT2D eigenvalue weighted by Gasteiger charge is -2.02. The van der Waals surface area contributed by atoms with Crippen LogP contribution in [0.2, 0.25) is 0 Å². The van der Waals surface area contributed by atoms with Crippen LogP contribution in [-0.4, -0.2) is 20.6 Å². The Morgan fingerprint density at radius 3 is 2.87 bits per heavy atom. The smallest absolute Gasteiger partial charge is 0.303 e. The van der Waals surface area contributed by atoms with Crippen molar-refractivity contribution in [2.45, 2.75) is 32.2 Å². The number of hydrogen-bond donors (Lipinski definition) is 1. The van der Waals surface area contributed by atoms with Crippen LogP contribution < -0.4 is 5.56 Å². The summed E-state index contributed by atoms with van der Waals surface area (Å²) in [5, 5.41) is 8.41. The van der Waals surface area contributed by atoms with Gasteiger partial charge in [-0.3, -0.25) is 14.2 Å². The average molecular weight is 210 g/mol. The van der Waals surface area contributed by atoms with E-state index in [1.165, 1.54) is 23.2 Å².